The number of hydrogen-bond donors (Lipinski definition) is 2. The van der Waals surface area contributed by atoms with Gasteiger partial charge < -0.3 is 24.8 Å². The highest BCUT2D eigenvalue weighted by Crippen LogP contribution is 2.28. The molecule has 8 nitrogen and oxygen atoms in total. The number of para-hydroxylation sites is 1. The minimum absolute atomic E-state index is 0.240. The number of anilines is 1. The van der Waals surface area contributed by atoms with Crippen LogP contribution in [0, 0.1) is 0 Å². The molecule has 0 atom stereocenters. The molecule has 3 aromatic rings. The van der Waals surface area contributed by atoms with Gasteiger partial charge in [0.25, 0.3) is 5.91 Å². The molecule has 1 heterocycles. The van der Waals surface area contributed by atoms with E-state index in [2.05, 4.69) is 20.4 Å². The van der Waals surface area contributed by atoms with E-state index in [1.807, 2.05) is 24.3 Å². The van der Waals surface area contributed by atoms with Gasteiger partial charge in [-0.05, 0) is 30.3 Å². The third kappa shape index (κ3) is 5.35. The summed E-state index contributed by atoms with van der Waals surface area (Å²) in [6.07, 6.45) is 0. The van der Waals surface area contributed by atoms with Crippen molar-refractivity contribution < 1.29 is 23.8 Å². The van der Waals surface area contributed by atoms with Gasteiger partial charge in [-0.2, -0.15) is 0 Å². The molecule has 152 valence electrons. The first-order chi connectivity index (χ1) is 14.1. The lowest BCUT2D eigenvalue weighted by atomic mass is 10.2. The number of esters is 1. The maximum absolute atomic E-state index is 12.4. The third-order valence-corrected chi connectivity index (χ3v) is 4.97. The molecule has 1 amide bonds. The highest BCUT2D eigenvalue weighted by Gasteiger charge is 2.12. The summed E-state index contributed by atoms with van der Waals surface area (Å²) in [5, 5.41) is 6.86. The monoisotopic (exact) mass is 415 g/mol. The number of thiazole rings is 1. The second-order valence-electron chi connectivity index (χ2n) is 5.90. The van der Waals surface area contributed by atoms with Gasteiger partial charge in [0.15, 0.2) is 23.2 Å². The van der Waals surface area contributed by atoms with Crippen molar-refractivity contribution in [3.8, 4) is 11.5 Å². The van der Waals surface area contributed by atoms with Gasteiger partial charge in [0.05, 0.1) is 24.4 Å². The maximum Gasteiger partial charge on any atom is 0.343 e. The fourth-order valence-corrected chi connectivity index (χ4v) is 3.41. The topological polar surface area (TPSA) is 98.8 Å². The molecular weight excluding hydrogens is 394 g/mol. The Hall–Kier alpha value is -3.33. The lowest BCUT2D eigenvalue weighted by Gasteiger charge is -2.12. The average Bonchev–Trinajstić information content (AvgIpc) is 3.17. The molecule has 0 aliphatic heterocycles. The molecule has 0 aliphatic rings. The zero-order valence-corrected chi connectivity index (χ0v) is 16.9. The number of nitrogens with zero attached hydrogens (tertiary/aromatic N) is 1. The number of fused-ring (bicyclic) bond motifs is 1. The Balaban J connectivity index is 1.51. The molecule has 0 radical (unpaired) electrons. The number of benzene rings is 2. The van der Waals surface area contributed by atoms with Crippen molar-refractivity contribution in [1.82, 2.24) is 10.3 Å². The molecule has 0 aliphatic carbocycles. The molecule has 0 unspecified atom stereocenters. The van der Waals surface area contributed by atoms with Crippen LogP contribution in [0.15, 0.2) is 42.5 Å². The Bertz CT molecular complexity index is 972. The quantitative estimate of drug-likeness (QED) is 0.409. The smallest absolute Gasteiger partial charge is 0.343 e. The summed E-state index contributed by atoms with van der Waals surface area (Å²) in [4.78, 5) is 28.1. The molecule has 0 saturated carbocycles. The van der Waals surface area contributed by atoms with Crippen molar-refractivity contribution in [1.29, 1.82) is 0 Å². The minimum Gasteiger partial charge on any atom is -0.493 e. The van der Waals surface area contributed by atoms with E-state index < -0.39 is 5.97 Å². The van der Waals surface area contributed by atoms with E-state index in [1.54, 1.807) is 29.5 Å². The van der Waals surface area contributed by atoms with E-state index in [0.717, 1.165) is 15.3 Å². The van der Waals surface area contributed by atoms with E-state index in [9.17, 15) is 9.59 Å². The Labute approximate surface area is 171 Å². The van der Waals surface area contributed by atoms with Crippen molar-refractivity contribution >= 4 is 38.6 Å². The van der Waals surface area contributed by atoms with Crippen molar-refractivity contribution in [3.05, 3.63) is 48.0 Å². The first-order valence-corrected chi connectivity index (χ1v) is 9.67. The Morgan fingerprint density at radius 3 is 2.66 bits per heavy atom. The zero-order chi connectivity index (χ0) is 20.6. The molecule has 0 spiro atoms. The van der Waals surface area contributed by atoms with Crippen LogP contribution in [0.3, 0.4) is 0 Å². The lowest BCUT2D eigenvalue weighted by molar-refractivity contribution is -0.142. The standard InChI is InChI=1S/C20H21N3O5S/c1-26-16-11-13(7-8-15(16)28-12-18(24)27-2)19(25)21-9-10-22-20-23-14-5-3-4-6-17(14)29-20/h3-8,11H,9-10,12H2,1-2H3,(H,21,25)(H,22,23). The van der Waals surface area contributed by atoms with Gasteiger partial charge in [0, 0.05) is 18.7 Å². The molecule has 0 fully saturated rings. The predicted molar refractivity (Wildman–Crippen MR) is 111 cm³/mol. The predicted octanol–water partition coefficient (Wildman–Crippen LogP) is 2.70. The van der Waals surface area contributed by atoms with Crippen LogP contribution in [0.2, 0.25) is 0 Å². The largest absolute Gasteiger partial charge is 0.493 e. The van der Waals surface area contributed by atoms with Crippen LogP contribution in [-0.4, -0.2) is 50.8 Å². The number of rotatable bonds is 9. The first kappa shape index (κ1) is 20.4. The van der Waals surface area contributed by atoms with Crippen molar-refractivity contribution in [2.24, 2.45) is 0 Å². The first-order valence-electron chi connectivity index (χ1n) is 8.86. The van der Waals surface area contributed by atoms with Crippen LogP contribution in [-0.2, 0) is 9.53 Å². The number of carbonyl (C=O) groups excluding carboxylic acids is 2. The normalized spacial score (nSPS) is 10.4. The summed E-state index contributed by atoms with van der Waals surface area (Å²) in [5.74, 6) is -0.0375. The molecule has 2 aromatic carbocycles. The number of methoxy groups -OCH3 is 2. The van der Waals surface area contributed by atoms with E-state index >= 15 is 0 Å². The van der Waals surface area contributed by atoms with Crippen LogP contribution in [0.4, 0.5) is 5.13 Å². The SMILES string of the molecule is COC(=O)COc1ccc(C(=O)NCCNc2nc3ccccc3s2)cc1OC. The van der Waals surface area contributed by atoms with Gasteiger partial charge in [-0.25, -0.2) is 9.78 Å². The maximum atomic E-state index is 12.4. The van der Waals surface area contributed by atoms with Crippen LogP contribution < -0.4 is 20.1 Å². The highest BCUT2D eigenvalue weighted by molar-refractivity contribution is 7.22. The summed E-state index contributed by atoms with van der Waals surface area (Å²) < 4.78 is 16.2. The van der Waals surface area contributed by atoms with Gasteiger partial charge in [-0.15, -0.1) is 0 Å². The molecule has 9 heteroatoms. The van der Waals surface area contributed by atoms with E-state index in [4.69, 9.17) is 9.47 Å². The van der Waals surface area contributed by atoms with Gasteiger partial charge in [-0.1, -0.05) is 23.5 Å². The van der Waals surface area contributed by atoms with Gasteiger partial charge in [-0.3, -0.25) is 4.79 Å². The van der Waals surface area contributed by atoms with E-state index in [1.165, 1.54) is 14.2 Å². The second kappa shape index (κ2) is 9.74. The Kier molecular flexibility index (Phi) is 6.85. The van der Waals surface area contributed by atoms with Crippen molar-refractivity contribution in [2.75, 3.05) is 39.2 Å². The van der Waals surface area contributed by atoms with Crippen LogP contribution in [0.5, 0.6) is 11.5 Å². The molecule has 29 heavy (non-hydrogen) atoms. The van der Waals surface area contributed by atoms with Gasteiger partial charge >= 0.3 is 5.97 Å². The summed E-state index contributed by atoms with van der Waals surface area (Å²) >= 11 is 1.57. The van der Waals surface area contributed by atoms with Crippen LogP contribution in [0.1, 0.15) is 10.4 Å². The number of ether oxygens (including phenoxy) is 3. The van der Waals surface area contributed by atoms with Crippen LogP contribution >= 0.6 is 11.3 Å². The number of nitrogens with one attached hydrogen (secondary N) is 2. The van der Waals surface area contributed by atoms with E-state index in [0.29, 0.717) is 30.2 Å². The summed E-state index contributed by atoms with van der Waals surface area (Å²) in [6, 6.07) is 12.7. The number of hydrogen-bond acceptors (Lipinski definition) is 8. The third-order valence-electron chi connectivity index (χ3n) is 3.98. The minimum atomic E-state index is -0.505. The fourth-order valence-electron chi connectivity index (χ4n) is 2.52. The molecule has 0 bridgehead atoms. The van der Waals surface area contributed by atoms with Gasteiger partial charge in [0.1, 0.15) is 0 Å². The van der Waals surface area contributed by atoms with Crippen molar-refractivity contribution in [2.45, 2.75) is 0 Å². The number of amides is 1. The summed E-state index contributed by atoms with van der Waals surface area (Å²) in [7, 11) is 2.74. The Morgan fingerprint density at radius 1 is 1.07 bits per heavy atom. The summed E-state index contributed by atoms with van der Waals surface area (Å²) in [5.41, 5.74) is 1.37. The molecule has 2 N–H and O–H groups in total. The second-order valence-corrected chi connectivity index (χ2v) is 6.93. The zero-order valence-electron chi connectivity index (χ0n) is 16.1. The Morgan fingerprint density at radius 2 is 1.90 bits per heavy atom. The van der Waals surface area contributed by atoms with E-state index in [-0.39, 0.29) is 12.5 Å². The lowest BCUT2D eigenvalue weighted by Crippen LogP contribution is -2.28. The molecule has 1 aromatic heterocycles. The van der Waals surface area contributed by atoms with Gasteiger partial charge in [0.2, 0.25) is 0 Å². The number of carbonyl (C=O) groups is 2. The van der Waals surface area contributed by atoms with Crippen molar-refractivity contribution in [3.63, 3.8) is 0 Å². The number of aromatic nitrogens is 1. The molecular formula is C20H21N3O5S. The molecule has 3 rings (SSSR count). The molecule has 0 saturated heterocycles. The van der Waals surface area contributed by atoms with Crippen LogP contribution in [0.25, 0.3) is 10.2 Å². The average molecular weight is 415 g/mol. The highest BCUT2D eigenvalue weighted by atomic mass is 32.1. The summed E-state index contributed by atoms with van der Waals surface area (Å²) in [6.45, 7) is 0.733. The fraction of sp³-hybridized carbons (Fsp3) is 0.250.